The maximum absolute atomic E-state index is 12.9. The van der Waals surface area contributed by atoms with Gasteiger partial charge in [-0.05, 0) is 27.7 Å². The first-order chi connectivity index (χ1) is 8.39. The van der Waals surface area contributed by atoms with E-state index in [0.29, 0.717) is 13.2 Å². The Kier molecular flexibility index (Phi) is 8.26. The highest BCUT2D eigenvalue weighted by Gasteiger charge is 2.48. The van der Waals surface area contributed by atoms with Crippen LogP contribution in [-0.4, -0.2) is 49.3 Å². The summed E-state index contributed by atoms with van der Waals surface area (Å²) < 4.78 is 29.2. The Bertz CT molecular complexity index is 268. The largest absolute Gasteiger partial charge is 0.391 e. The fourth-order valence-corrected chi connectivity index (χ4v) is 4.11. The van der Waals surface area contributed by atoms with Crippen molar-refractivity contribution in [2.75, 3.05) is 32.5 Å². The van der Waals surface area contributed by atoms with Crippen LogP contribution in [0.25, 0.3) is 0 Å². The molecule has 18 heavy (non-hydrogen) atoms. The molecule has 0 fully saturated rings. The lowest BCUT2D eigenvalue weighted by Crippen LogP contribution is -2.38. The predicted molar refractivity (Wildman–Crippen MR) is 70.8 cm³/mol. The van der Waals surface area contributed by atoms with Gasteiger partial charge in [0.25, 0.3) is 7.37 Å². The van der Waals surface area contributed by atoms with Crippen molar-refractivity contribution in [1.82, 2.24) is 0 Å². The molecule has 0 saturated heterocycles. The lowest BCUT2D eigenvalue weighted by Gasteiger charge is -2.36. The van der Waals surface area contributed by atoms with Crippen molar-refractivity contribution in [3.05, 3.63) is 0 Å². The zero-order valence-electron chi connectivity index (χ0n) is 11.7. The summed E-state index contributed by atoms with van der Waals surface area (Å²) in [5, 5.41) is 9.63. The number of rotatable bonds is 10. The van der Waals surface area contributed by atoms with Crippen molar-refractivity contribution >= 4 is 7.37 Å². The second-order valence-electron chi connectivity index (χ2n) is 3.93. The zero-order valence-corrected chi connectivity index (χ0v) is 12.6. The van der Waals surface area contributed by atoms with Gasteiger partial charge in [-0.3, -0.25) is 4.57 Å². The van der Waals surface area contributed by atoms with Crippen LogP contribution in [-0.2, 0) is 18.6 Å². The van der Waals surface area contributed by atoms with Gasteiger partial charge in [-0.15, -0.1) is 0 Å². The monoisotopic (exact) mass is 283 g/mol. The Labute approximate surface area is 109 Å². The van der Waals surface area contributed by atoms with Crippen molar-refractivity contribution in [2.24, 2.45) is 5.73 Å². The Morgan fingerprint density at radius 1 is 1.22 bits per heavy atom. The van der Waals surface area contributed by atoms with Crippen LogP contribution in [0.5, 0.6) is 0 Å². The van der Waals surface area contributed by atoms with Crippen molar-refractivity contribution in [3.8, 4) is 0 Å². The lowest BCUT2D eigenvalue weighted by molar-refractivity contribution is -0.168. The highest BCUT2D eigenvalue weighted by atomic mass is 31.2. The van der Waals surface area contributed by atoms with Crippen molar-refractivity contribution in [3.63, 3.8) is 0 Å². The van der Waals surface area contributed by atoms with E-state index in [1.54, 1.807) is 27.7 Å². The molecule has 0 rings (SSSR count). The van der Waals surface area contributed by atoms with E-state index in [9.17, 15) is 9.67 Å². The fourth-order valence-electron chi connectivity index (χ4n) is 1.67. The lowest BCUT2D eigenvalue weighted by atomic mass is 10.4. The number of hydrogen-bond donors (Lipinski definition) is 2. The molecule has 0 aliphatic heterocycles. The van der Waals surface area contributed by atoms with Crippen LogP contribution in [0, 0.1) is 0 Å². The summed E-state index contributed by atoms with van der Waals surface area (Å²) >= 11 is 0. The second-order valence-corrected chi connectivity index (χ2v) is 6.71. The van der Waals surface area contributed by atoms with E-state index < -0.39 is 19.0 Å². The van der Waals surface area contributed by atoms with Crippen LogP contribution >= 0.6 is 7.37 Å². The molecular weight excluding hydrogens is 257 g/mol. The van der Waals surface area contributed by atoms with Crippen LogP contribution in [0.4, 0.5) is 0 Å². The van der Waals surface area contributed by atoms with Crippen molar-refractivity contribution in [1.29, 1.82) is 0 Å². The van der Waals surface area contributed by atoms with Gasteiger partial charge >= 0.3 is 0 Å². The molecule has 2 atom stereocenters. The molecular formula is C11H26NO5P. The number of aliphatic hydroxyl groups is 1. The van der Waals surface area contributed by atoms with Gasteiger partial charge in [0.15, 0.2) is 0 Å². The van der Waals surface area contributed by atoms with Gasteiger partial charge in [-0.25, -0.2) is 0 Å². The van der Waals surface area contributed by atoms with Gasteiger partial charge in [0.1, 0.15) is 0 Å². The third kappa shape index (κ3) is 4.61. The third-order valence-electron chi connectivity index (χ3n) is 2.50. The number of nitrogens with two attached hydrogens (primary N) is 1. The van der Waals surface area contributed by atoms with E-state index in [4.69, 9.17) is 19.7 Å². The Morgan fingerprint density at radius 2 is 1.72 bits per heavy atom. The van der Waals surface area contributed by atoms with Crippen LogP contribution in [0.3, 0.4) is 0 Å². The van der Waals surface area contributed by atoms with E-state index >= 15 is 0 Å². The number of aliphatic hydroxyl groups excluding tert-OH is 1. The first-order valence-electron chi connectivity index (χ1n) is 6.28. The summed E-state index contributed by atoms with van der Waals surface area (Å²) in [6, 6.07) is 0. The summed E-state index contributed by atoms with van der Waals surface area (Å²) in [5.41, 5.74) is 4.01. The maximum Gasteiger partial charge on any atom is 0.263 e. The van der Waals surface area contributed by atoms with Crippen LogP contribution < -0.4 is 5.73 Å². The van der Waals surface area contributed by atoms with Gasteiger partial charge in [0, 0.05) is 19.8 Å². The molecule has 0 aliphatic carbocycles. The van der Waals surface area contributed by atoms with Gasteiger partial charge in [0.05, 0.1) is 18.9 Å². The highest BCUT2D eigenvalue weighted by molar-refractivity contribution is 7.60. The SMILES string of the molecule is CCOC(C)(OCC)P(=O)(C[C@H](O)CN)OCC. The topological polar surface area (TPSA) is 91.0 Å². The van der Waals surface area contributed by atoms with Crippen LogP contribution in [0.15, 0.2) is 0 Å². The molecule has 6 nitrogen and oxygen atoms in total. The summed E-state index contributed by atoms with van der Waals surface area (Å²) in [7, 11) is -3.32. The molecule has 0 spiro atoms. The minimum absolute atomic E-state index is 0.0192. The van der Waals surface area contributed by atoms with Crippen molar-refractivity contribution < 1.29 is 23.7 Å². The Morgan fingerprint density at radius 3 is 2.06 bits per heavy atom. The minimum atomic E-state index is -3.32. The molecule has 0 heterocycles. The van der Waals surface area contributed by atoms with E-state index in [1.807, 2.05) is 0 Å². The molecule has 0 radical (unpaired) electrons. The molecule has 1 unspecified atom stereocenters. The Hall–Kier alpha value is 0.0300. The quantitative estimate of drug-likeness (QED) is 0.465. The minimum Gasteiger partial charge on any atom is -0.391 e. The maximum atomic E-state index is 12.9. The van der Waals surface area contributed by atoms with Crippen molar-refractivity contribution in [2.45, 2.75) is 39.3 Å². The van der Waals surface area contributed by atoms with Gasteiger partial charge in [-0.2, -0.15) is 0 Å². The molecule has 7 heteroatoms. The second kappa shape index (κ2) is 8.25. The van der Waals surface area contributed by atoms with E-state index in [2.05, 4.69) is 0 Å². The van der Waals surface area contributed by atoms with Gasteiger partial charge in [-0.1, -0.05) is 0 Å². The van der Waals surface area contributed by atoms with Crippen LogP contribution in [0.1, 0.15) is 27.7 Å². The summed E-state index contributed by atoms with van der Waals surface area (Å²) in [6.07, 6.45) is -0.976. The summed E-state index contributed by atoms with van der Waals surface area (Å²) in [4.78, 5) is 0. The standard InChI is InChI=1S/C11H26NO5P/c1-5-15-11(4,16-6-2)18(14,17-7-3)9-10(13)8-12/h10,13H,5-9,12H2,1-4H3/t10-,18?/m1/s1. The zero-order chi connectivity index (χ0) is 14.2. The molecule has 110 valence electrons. The number of hydrogen-bond acceptors (Lipinski definition) is 6. The smallest absolute Gasteiger partial charge is 0.263 e. The van der Waals surface area contributed by atoms with Gasteiger partial charge in [0.2, 0.25) is 5.53 Å². The molecule has 0 aliphatic rings. The summed E-state index contributed by atoms with van der Waals surface area (Å²) in [5.74, 6) is 0. The average molecular weight is 283 g/mol. The number of ether oxygens (including phenoxy) is 2. The molecule has 0 aromatic heterocycles. The van der Waals surface area contributed by atoms with Crippen LogP contribution in [0.2, 0.25) is 0 Å². The molecule has 0 aromatic rings. The summed E-state index contributed by atoms with van der Waals surface area (Å²) in [6.45, 7) is 7.84. The first kappa shape index (κ1) is 18.0. The fraction of sp³-hybridized carbons (Fsp3) is 1.00. The van der Waals surface area contributed by atoms with E-state index in [-0.39, 0.29) is 19.3 Å². The Balaban J connectivity index is 5.16. The normalized spacial score (nSPS) is 17.4. The first-order valence-corrected chi connectivity index (χ1v) is 8.09. The van der Waals surface area contributed by atoms with Gasteiger partial charge < -0.3 is 24.8 Å². The molecule has 3 N–H and O–H groups in total. The molecule has 0 amide bonds. The average Bonchev–Trinajstić information content (AvgIpc) is 2.29. The predicted octanol–water partition coefficient (Wildman–Crippen LogP) is 1.37. The molecule has 0 bridgehead atoms. The highest BCUT2D eigenvalue weighted by Crippen LogP contribution is 2.60. The van der Waals surface area contributed by atoms with E-state index in [1.165, 1.54) is 0 Å². The molecule has 0 aromatic carbocycles. The third-order valence-corrected chi connectivity index (χ3v) is 5.58. The molecule has 0 saturated carbocycles. The van der Waals surface area contributed by atoms with E-state index in [0.717, 1.165) is 0 Å².